The van der Waals surface area contributed by atoms with E-state index in [0.717, 1.165) is 39.3 Å². The van der Waals surface area contributed by atoms with Gasteiger partial charge in [0.2, 0.25) is 0 Å². The second-order valence-corrected chi connectivity index (χ2v) is 6.42. The Bertz CT molecular complexity index is 769. The van der Waals surface area contributed by atoms with Gasteiger partial charge in [0.25, 0.3) is 11.8 Å². The van der Waals surface area contributed by atoms with E-state index in [1.54, 1.807) is 37.4 Å². The number of aromatic nitrogens is 2. The Hall–Kier alpha value is -2.71. The number of ether oxygens (including phenoxy) is 1. The SMILES string of the molecule is Cn1nc(C(=O)NCCCN2CCOCC2)cc1NC(=O)c1ccccc1. The van der Waals surface area contributed by atoms with Gasteiger partial charge in [-0.15, -0.1) is 0 Å². The monoisotopic (exact) mass is 371 g/mol. The molecule has 8 heteroatoms. The summed E-state index contributed by atoms with van der Waals surface area (Å²) >= 11 is 0. The van der Waals surface area contributed by atoms with E-state index in [4.69, 9.17) is 4.74 Å². The van der Waals surface area contributed by atoms with Crippen LogP contribution in [-0.2, 0) is 11.8 Å². The molecule has 2 amide bonds. The zero-order chi connectivity index (χ0) is 19.1. The molecule has 3 rings (SSSR count). The zero-order valence-electron chi connectivity index (χ0n) is 15.5. The van der Waals surface area contributed by atoms with Crippen LogP contribution in [-0.4, -0.2) is 65.9 Å². The number of carbonyl (C=O) groups excluding carboxylic acids is 2. The fraction of sp³-hybridized carbons (Fsp3) is 0.421. The van der Waals surface area contributed by atoms with Crippen molar-refractivity contribution < 1.29 is 14.3 Å². The number of hydrogen-bond donors (Lipinski definition) is 2. The molecule has 0 atom stereocenters. The number of anilines is 1. The largest absolute Gasteiger partial charge is 0.379 e. The lowest BCUT2D eigenvalue weighted by Crippen LogP contribution is -2.38. The lowest BCUT2D eigenvalue weighted by molar-refractivity contribution is 0.0374. The summed E-state index contributed by atoms with van der Waals surface area (Å²) in [7, 11) is 1.69. The highest BCUT2D eigenvalue weighted by Gasteiger charge is 2.15. The number of aryl methyl sites for hydroxylation is 1. The molecule has 8 nitrogen and oxygen atoms in total. The Kier molecular flexibility index (Phi) is 6.56. The number of rotatable bonds is 7. The van der Waals surface area contributed by atoms with Crippen molar-refractivity contribution in [3.8, 4) is 0 Å². The average molecular weight is 371 g/mol. The molecule has 2 aromatic rings. The van der Waals surface area contributed by atoms with Crippen molar-refractivity contribution in [3.63, 3.8) is 0 Å². The van der Waals surface area contributed by atoms with Crippen LogP contribution in [0, 0.1) is 0 Å². The first-order valence-corrected chi connectivity index (χ1v) is 9.12. The van der Waals surface area contributed by atoms with Gasteiger partial charge in [-0.25, -0.2) is 0 Å². The molecule has 0 bridgehead atoms. The quantitative estimate of drug-likeness (QED) is 0.712. The first kappa shape index (κ1) is 19.1. The summed E-state index contributed by atoms with van der Waals surface area (Å²) in [6.07, 6.45) is 0.871. The summed E-state index contributed by atoms with van der Waals surface area (Å²) in [6.45, 7) is 4.95. The Morgan fingerprint density at radius 1 is 1.15 bits per heavy atom. The van der Waals surface area contributed by atoms with E-state index in [9.17, 15) is 9.59 Å². The van der Waals surface area contributed by atoms with Gasteiger partial charge in [0.15, 0.2) is 5.69 Å². The molecule has 0 aliphatic carbocycles. The van der Waals surface area contributed by atoms with Gasteiger partial charge < -0.3 is 15.4 Å². The van der Waals surface area contributed by atoms with Gasteiger partial charge in [-0.05, 0) is 25.1 Å². The first-order valence-electron chi connectivity index (χ1n) is 9.12. The molecule has 1 aromatic carbocycles. The predicted molar refractivity (Wildman–Crippen MR) is 102 cm³/mol. The van der Waals surface area contributed by atoms with Crippen LogP contribution in [0.3, 0.4) is 0 Å². The van der Waals surface area contributed by atoms with Gasteiger partial charge >= 0.3 is 0 Å². The molecule has 1 aliphatic heterocycles. The van der Waals surface area contributed by atoms with Crippen LogP contribution in [0.5, 0.6) is 0 Å². The standard InChI is InChI=1S/C19H25N5O3/c1-23-17(21-18(25)15-6-3-2-4-7-15)14-16(22-23)19(26)20-8-5-9-24-10-12-27-13-11-24/h2-4,6-7,14H,5,8-13H2,1H3,(H,20,26)(H,21,25). The molecule has 0 spiro atoms. The maximum absolute atomic E-state index is 12.3. The molecule has 1 fully saturated rings. The lowest BCUT2D eigenvalue weighted by atomic mass is 10.2. The predicted octanol–water partition coefficient (Wildman–Crippen LogP) is 1.12. The number of nitrogens with one attached hydrogen (secondary N) is 2. The second kappa shape index (κ2) is 9.29. The fourth-order valence-corrected chi connectivity index (χ4v) is 2.89. The molecule has 0 unspecified atom stereocenters. The maximum atomic E-state index is 12.3. The third-order valence-electron chi connectivity index (χ3n) is 4.43. The highest BCUT2D eigenvalue weighted by Crippen LogP contribution is 2.11. The van der Waals surface area contributed by atoms with Crippen LogP contribution >= 0.6 is 0 Å². The Morgan fingerprint density at radius 2 is 1.89 bits per heavy atom. The van der Waals surface area contributed by atoms with Crippen molar-refractivity contribution in [3.05, 3.63) is 47.7 Å². The summed E-state index contributed by atoms with van der Waals surface area (Å²) in [5.41, 5.74) is 0.833. The molecule has 0 saturated carbocycles. The number of hydrogen-bond acceptors (Lipinski definition) is 5. The molecule has 0 radical (unpaired) electrons. The van der Waals surface area contributed by atoms with Crippen LogP contribution in [0.2, 0.25) is 0 Å². The smallest absolute Gasteiger partial charge is 0.271 e. The van der Waals surface area contributed by atoms with E-state index in [-0.39, 0.29) is 17.5 Å². The number of carbonyl (C=O) groups is 2. The lowest BCUT2D eigenvalue weighted by Gasteiger charge is -2.26. The first-order chi connectivity index (χ1) is 13.1. The fourth-order valence-electron chi connectivity index (χ4n) is 2.89. The van der Waals surface area contributed by atoms with Gasteiger partial charge in [0.05, 0.1) is 13.2 Å². The van der Waals surface area contributed by atoms with Gasteiger partial charge in [0, 0.05) is 38.3 Å². The Balaban J connectivity index is 1.48. The topological polar surface area (TPSA) is 88.5 Å². The zero-order valence-corrected chi connectivity index (χ0v) is 15.5. The minimum Gasteiger partial charge on any atom is -0.379 e. The molecule has 2 N–H and O–H groups in total. The van der Waals surface area contributed by atoms with Crippen LogP contribution in [0.15, 0.2) is 36.4 Å². The normalized spacial score (nSPS) is 14.7. The third-order valence-corrected chi connectivity index (χ3v) is 4.43. The molecule has 1 aromatic heterocycles. The highest BCUT2D eigenvalue weighted by atomic mass is 16.5. The molecule has 144 valence electrons. The molecule has 1 aliphatic rings. The highest BCUT2D eigenvalue weighted by molar-refractivity contribution is 6.04. The molecular weight excluding hydrogens is 346 g/mol. The maximum Gasteiger partial charge on any atom is 0.271 e. The van der Waals surface area contributed by atoms with Gasteiger partial charge in [-0.2, -0.15) is 5.10 Å². The summed E-state index contributed by atoms with van der Waals surface area (Å²) in [5, 5.41) is 9.84. The van der Waals surface area contributed by atoms with E-state index in [1.807, 2.05) is 6.07 Å². The van der Waals surface area contributed by atoms with Crippen LogP contribution in [0.1, 0.15) is 27.3 Å². The van der Waals surface area contributed by atoms with Crippen molar-refractivity contribution in [2.45, 2.75) is 6.42 Å². The van der Waals surface area contributed by atoms with E-state index in [0.29, 0.717) is 17.9 Å². The number of benzene rings is 1. The van der Waals surface area contributed by atoms with E-state index < -0.39 is 0 Å². The number of morpholine rings is 1. The average Bonchev–Trinajstić information content (AvgIpc) is 3.07. The van der Waals surface area contributed by atoms with Crippen LogP contribution < -0.4 is 10.6 Å². The summed E-state index contributed by atoms with van der Waals surface area (Å²) in [4.78, 5) is 26.9. The summed E-state index contributed by atoms with van der Waals surface area (Å²) < 4.78 is 6.81. The van der Waals surface area contributed by atoms with E-state index in [1.165, 1.54) is 4.68 Å². The summed E-state index contributed by atoms with van der Waals surface area (Å²) in [5.74, 6) is -0.00817. The van der Waals surface area contributed by atoms with Crippen LogP contribution in [0.25, 0.3) is 0 Å². The van der Waals surface area contributed by atoms with E-state index in [2.05, 4.69) is 20.6 Å². The van der Waals surface area contributed by atoms with Crippen molar-refractivity contribution >= 4 is 17.6 Å². The Morgan fingerprint density at radius 3 is 2.63 bits per heavy atom. The summed E-state index contributed by atoms with van der Waals surface area (Å²) in [6, 6.07) is 10.5. The number of amides is 2. The van der Waals surface area contributed by atoms with Crippen molar-refractivity contribution in [1.29, 1.82) is 0 Å². The third kappa shape index (κ3) is 5.38. The van der Waals surface area contributed by atoms with Gasteiger partial charge in [-0.3, -0.25) is 19.2 Å². The minimum atomic E-state index is -0.243. The molecule has 2 heterocycles. The van der Waals surface area contributed by atoms with Crippen molar-refractivity contribution in [1.82, 2.24) is 20.0 Å². The minimum absolute atomic E-state index is 0.240. The van der Waals surface area contributed by atoms with Crippen LogP contribution in [0.4, 0.5) is 5.82 Å². The molecular formula is C19H25N5O3. The van der Waals surface area contributed by atoms with Crippen molar-refractivity contribution in [2.75, 3.05) is 44.7 Å². The molecule has 1 saturated heterocycles. The van der Waals surface area contributed by atoms with Gasteiger partial charge in [-0.1, -0.05) is 18.2 Å². The second-order valence-electron chi connectivity index (χ2n) is 6.42. The van der Waals surface area contributed by atoms with E-state index >= 15 is 0 Å². The molecule has 27 heavy (non-hydrogen) atoms. The van der Waals surface area contributed by atoms with Crippen molar-refractivity contribution in [2.24, 2.45) is 7.05 Å². The number of nitrogens with zero attached hydrogens (tertiary/aromatic N) is 3. The Labute approximate surface area is 158 Å². The van der Waals surface area contributed by atoms with Gasteiger partial charge in [0.1, 0.15) is 5.82 Å².